The van der Waals surface area contributed by atoms with Gasteiger partial charge in [0.2, 0.25) is 5.91 Å². The Kier molecular flexibility index (Phi) is 5.53. The zero-order valence-corrected chi connectivity index (χ0v) is 16.7. The van der Waals surface area contributed by atoms with Crippen LogP contribution < -0.4 is 5.32 Å². The summed E-state index contributed by atoms with van der Waals surface area (Å²) in [7, 11) is 0. The van der Waals surface area contributed by atoms with Gasteiger partial charge in [-0.2, -0.15) is 0 Å². The topological polar surface area (TPSA) is 46.9 Å². The van der Waals surface area contributed by atoms with Crippen molar-refractivity contribution < 1.29 is 4.79 Å². The minimum Gasteiger partial charge on any atom is -0.356 e. The maximum absolute atomic E-state index is 12.2. The second-order valence-electron chi connectivity index (χ2n) is 6.96. The summed E-state index contributed by atoms with van der Waals surface area (Å²) < 4.78 is 2.23. The smallest absolute Gasteiger partial charge is 0.226 e. The number of nitrogens with zero attached hydrogens (tertiary/aromatic N) is 2. The lowest BCUT2D eigenvalue weighted by Gasteiger charge is -2.07. The van der Waals surface area contributed by atoms with Gasteiger partial charge in [0, 0.05) is 35.7 Å². The van der Waals surface area contributed by atoms with Crippen LogP contribution in [0.5, 0.6) is 0 Å². The van der Waals surface area contributed by atoms with Crippen molar-refractivity contribution >= 4 is 28.1 Å². The molecular formula is C23H23N3OS. The first kappa shape index (κ1) is 18.4. The van der Waals surface area contributed by atoms with Gasteiger partial charge in [0.05, 0.1) is 12.1 Å². The van der Waals surface area contributed by atoms with E-state index in [1.807, 2.05) is 5.38 Å². The zero-order chi connectivity index (χ0) is 19.3. The molecule has 142 valence electrons. The number of aromatic nitrogens is 2. The zero-order valence-electron chi connectivity index (χ0n) is 15.9. The van der Waals surface area contributed by atoms with Crippen LogP contribution in [0.1, 0.15) is 17.7 Å². The van der Waals surface area contributed by atoms with Gasteiger partial charge in [-0.05, 0) is 30.9 Å². The summed E-state index contributed by atoms with van der Waals surface area (Å²) in [5, 5.41) is 7.19. The quantitative estimate of drug-likeness (QED) is 0.461. The molecule has 0 bridgehead atoms. The summed E-state index contributed by atoms with van der Waals surface area (Å²) in [5.41, 5.74) is 4.39. The Labute approximate surface area is 168 Å². The van der Waals surface area contributed by atoms with Gasteiger partial charge in [-0.25, -0.2) is 4.98 Å². The standard InChI is InChI=1S/C23H23N3OS/c1-17-7-9-19(10-8-17)23-25-20(16-28-23)15-22(27)24-12-4-13-26-14-11-18-5-2-3-6-21(18)26/h2-3,5-11,14,16H,4,12-13,15H2,1H3,(H,24,27). The van der Waals surface area contributed by atoms with Crippen molar-refractivity contribution in [2.75, 3.05) is 6.54 Å². The summed E-state index contributed by atoms with van der Waals surface area (Å²) in [6.45, 7) is 3.63. The lowest BCUT2D eigenvalue weighted by Crippen LogP contribution is -2.26. The van der Waals surface area contributed by atoms with Crippen LogP contribution in [0.2, 0.25) is 0 Å². The maximum Gasteiger partial charge on any atom is 0.226 e. The number of carbonyl (C=O) groups excluding carboxylic acids is 1. The Bertz CT molecular complexity index is 1080. The van der Waals surface area contributed by atoms with E-state index in [0.717, 1.165) is 29.2 Å². The third-order valence-electron chi connectivity index (χ3n) is 4.77. The van der Waals surface area contributed by atoms with E-state index in [1.54, 1.807) is 11.3 Å². The number of hydrogen-bond donors (Lipinski definition) is 1. The normalized spacial score (nSPS) is 11.0. The highest BCUT2D eigenvalue weighted by Gasteiger charge is 2.09. The van der Waals surface area contributed by atoms with Gasteiger partial charge >= 0.3 is 0 Å². The van der Waals surface area contributed by atoms with E-state index in [9.17, 15) is 4.79 Å². The molecule has 0 unspecified atom stereocenters. The summed E-state index contributed by atoms with van der Waals surface area (Å²) >= 11 is 1.58. The Balaban J connectivity index is 1.25. The van der Waals surface area contributed by atoms with Gasteiger partial charge in [0.1, 0.15) is 5.01 Å². The van der Waals surface area contributed by atoms with E-state index >= 15 is 0 Å². The van der Waals surface area contributed by atoms with Gasteiger partial charge in [0.15, 0.2) is 0 Å². The maximum atomic E-state index is 12.2. The molecule has 4 nitrogen and oxygen atoms in total. The van der Waals surface area contributed by atoms with Gasteiger partial charge in [-0.3, -0.25) is 4.79 Å². The predicted molar refractivity (Wildman–Crippen MR) is 116 cm³/mol. The number of rotatable bonds is 7. The van der Waals surface area contributed by atoms with Crippen LogP contribution in [0, 0.1) is 6.92 Å². The van der Waals surface area contributed by atoms with Gasteiger partial charge in [-0.15, -0.1) is 11.3 Å². The molecule has 0 fully saturated rings. The number of carbonyl (C=O) groups is 1. The molecule has 0 saturated heterocycles. The summed E-state index contributed by atoms with van der Waals surface area (Å²) in [6, 6.07) is 18.8. The van der Waals surface area contributed by atoms with Crippen LogP contribution in [0.25, 0.3) is 21.5 Å². The van der Waals surface area contributed by atoms with Crippen LogP contribution in [0.3, 0.4) is 0 Å². The largest absolute Gasteiger partial charge is 0.356 e. The summed E-state index contributed by atoms with van der Waals surface area (Å²) in [5.74, 6) is 0.0260. The Hall–Kier alpha value is -2.92. The van der Waals surface area contributed by atoms with Crippen molar-refractivity contribution in [2.45, 2.75) is 26.3 Å². The first-order valence-corrected chi connectivity index (χ1v) is 10.4. The second-order valence-corrected chi connectivity index (χ2v) is 7.82. The third kappa shape index (κ3) is 4.31. The predicted octanol–water partition coefficient (Wildman–Crippen LogP) is 4.82. The lowest BCUT2D eigenvalue weighted by molar-refractivity contribution is -0.120. The third-order valence-corrected chi connectivity index (χ3v) is 5.71. The van der Waals surface area contributed by atoms with Crippen molar-refractivity contribution in [1.82, 2.24) is 14.9 Å². The minimum absolute atomic E-state index is 0.0260. The molecule has 1 N–H and O–H groups in total. The summed E-state index contributed by atoms with van der Waals surface area (Å²) in [6.07, 6.45) is 3.33. The highest BCUT2D eigenvalue weighted by molar-refractivity contribution is 7.13. The van der Waals surface area contributed by atoms with Gasteiger partial charge in [-0.1, -0.05) is 48.0 Å². The Morgan fingerprint density at radius 3 is 2.79 bits per heavy atom. The Morgan fingerprint density at radius 1 is 1.11 bits per heavy atom. The molecule has 4 aromatic rings. The molecule has 28 heavy (non-hydrogen) atoms. The molecule has 2 aromatic heterocycles. The van der Waals surface area contributed by atoms with Crippen molar-refractivity contribution in [3.8, 4) is 10.6 Å². The molecule has 0 radical (unpaired) electrons. The molecule has 4 rings (SSSR count). The Morgan fingerprint density at radius 2 is 1.93 bits per heavy atom. The first-order valence-electron chi connectivity index (χ1n) is 9.51. The number of amides is 1. The molecule has 2 heterocycles. The molecule has 0 aliphatic carbocycles. The second kappa shape index (κ2) is 8.40. The fourth-order valence-electron chi connectivity index (χ4n) is 3.26. The van der Waals surface area contributed by atoms with E-state index in [2.05, 4.69) is 82.6 Å². The van der Waals surface area contributed by atoms with E-state index in [4.69, 9.17) is 0 Å². The lowest BCUT2D eigenvalue weighted by atomic mass is 10.2. The van der Waals surface area contributed by atoms with Gasteiger partial charge in [0.25, 0.3) is 0 Å². The number of benzene rings is 2. The number of nitrogens with one attached hydrogen (secondary N) is 1. The van der Waals surface area contributed by atoms with Gasteiger partial charge < -0.3 is 9.88 Å². The van der Waals surface area contributed by atoms with E-state index in [1.165, 1.54) is 16.5 Å². The number of aryl methyl sites for hydroxylation is 2. The van der Waals surface area contributed by atoms with Crippen LogP contribution in [-0.2, 0) is 17.8 Å². The van der Waals surface area contributed by atoms with Crippen molar-refractivity contribution in [3.05, 3.63) is 77.4 Å². The summed E-state index contributed by atoms with van der Waals surface area (Å²) in [4.78, 5) is 16.8. The fourth-order valence-corrected chi connectivity index (χ4v) is 4.08. The molecular weight excluding hydrogens is 366 g/mol. The SMILES string of the molecule is Cc1ccc(-c2nc(CC(=O)NCCCn3ccc4ccccc43)cs2)cc1. The molecule has 0 aliphatic rings. The molecule has 0 saturated carbocycles. The van der Waals surface area contributed by atoms with Crippen molar-refractivity contribution in [1.29, 1.82) is 0 Å². The number of para-hydroxylation sites is 1. The average Bonchev–Trinajstić information content (AvgIpc) is 3.33. The highest BCUT2D eigenvalue weighted by atomic mass is 32.1. The van der Waals surface area contributed by atoms with E-state index in [-0.39, 0.29) is 5.91 Å². The number of hydrogen-bond acceptors (Lipinski definition) is 3. The van der Waals surface area contributed by atoms with Crippen LogP contribution in [0.15, 0.2) is 66.2 Å². The minimum atomic E-state index is 0.0260. The van der Waals surface area contributed by atoms with E-state index in [0.29, 0.717) is 13.0 Å². The first-order chi connectivity index (χ1) is 13.7. The van der Waals surface area contributed by atoms with E-state index < -0.39 is 0 Å². The average molecular weight is 390 g/mol. The van der Waals surface area contributed by atoms with Crippen LogP contribution in [-0.4, -0.2) is 22.0 Å². The fraction of sp³-hybridized carbons (Fsp3) is 0.217. The van der Waals surface area contributed by atoms with Crippen LogP contribution in [0.4, 0.5) is 0 Å². The molecule has 2 aromatic carbocycles. The molecule has 0 atom stereocenters. The van der Waals surface area contributed by atoms with Crippen LogP contribution >= 0.6 is 11.3 Å². The van der Waals surface area contributed by atoms with Crippen molar-refractivity contribution in [2.24, 2.45) is 0 Å². The molecule has 0 spiro atoms. The highest BCUT2D eigenvalue weighted by Crippen LogP contribution is 2.24. The number of thiazole rings is 1. The number of fused-ring (bicyclic) bond motifs is 1. The molecule has 0 aliphatic heterocycles. The molecule has 5 heteroatoms. The van der Waals surface area contributed by atoms with Crippen molar-refractivity contribution in [3.63, 3.8) is 0 Å². The molecule has 1 amide bonds. The monoisotopic (exact) mass is 389 g/mol.